The molecule has 31 heavy (non-hydrogen) atoms. The van der Waals surface area contributed by atoms with Crippen LogP contribution in [-0.2, 0) is 11.8 Å². The molecule has 9 nitrogen and oxygen atoms in total. The molecule has 1 aromatic carbocycles. The predicted octanol–water partition coefficient (Wildman–Crippen LogP) is 0.0705. The Bertz CT molecular complexity index is 1140. The molecule has 9 heteroatoms. The van der Waals surface area contributed by atoms with Crippen LogP contribution in [0.3, 0.4) is 0 Å². The van der Waals surface area contributed by atoms with Crippen molar-refractivity contribution in [3.63, 3.8) is 0 Å². The van der Waals surface area contributed by atoms with Gasteiger partial charge in [-0.2, -0.15) is 0 Å². The lowest BCUT2D eigenvalue weighted by Crippen LogP contribution is -2.60. The highest BCUT2D eigenvalue weighted by atomic mass is 16.5. The molecule has 158 valence electrons. The quantitative estimate of drug-likeness (QED) is 0.564. The van der Waals surface area contributed by atoms with Crippen LogP contribution >= 0.6 is 0 Å². The van der Waals surface area contributed by atoms with Gasteiger partial charge in [0.1, 0.15) is 12.4 Å². The third-order valence-corrected chi connectivity index (χ3v) is 5.04. The maximum Gasteiger partial charge on any atom is 0.255 e. The van der Waals surface area contributed by atoms with Gasteiger partial charge in [0, 0.05) is 44.1 Å². The lowest BCUT2D eigenvalue weighted by atomic mass is 10.1. The predicted molar refractivity (Wildman–Crippen MR) is 118 cm³/mol. The highest BCUT2D eigenvalue weighted by Crippen LogP contribution is 2.26. The van der Waals surface area contributed by atoms with Gasteiger partial charge in [-0.15, -0.1) is 0 Å². The van der Waals surface area contributed by atoms with Gasteiger partial charge in [-0.3, -0.25) is 9.36 Å². The molecule has 1 aliphatic rings. The van der Waals surface area contributed by atoms with Crippen LogP contribution in [0, 0.1) is 0 Å². The monoisotopic (exact) mass is 418 g/mol. The van der Waals surface area contributed by atoms with Crippen molar-refractivity contribution >= 4 is 17.9 Å². The third kappa shape index (κ3) is 4.67. The van der Waals surface area contributed by atoms with Crippen LogP contribution in [0.2, 0.25) is 0 Å². The summed E-state index contributed by atoms with van der Waals surface area (Å²) in [6, 6.07) is 11.3. The summed E-state index contributed by atoms with van der Waals surface area (Å²) in [5.41, 5.74) is 8.35. The van der Waals surface area contributed by atoms with Crippen molar-refractivity contribution in [1.82, 2.24) is 19.5 Å². The molecular weight excluding hydrogens is 394 g/mol. The van der Waals surface area contributed by atoms with Crippen molar-refractivity contribution in [2.24, 2.45) is 12.8 Å². The number of benzene rings is 1. The second-order valence-electron chi connectivity index (χ2n) is 7.06. The van der Waals surface area contributed by atoms with E-state index in [2.05, 4.69) is 19.9 Å². The number of ether oxygens (including phenoxy) is 1. The number of aromatic nitrogens is 4. The number of allylic oxidation sites excluding steroid dienone is 1. The second kappa shape index (κ2) is 9.31. The number of nitrogens with one attached hydrogen (secondary N) is 1. The maximum absolute atomic E-state index is 12.6. The molecule has 1 saturated heterocycles. The van der Waals surface area contributed by atoms with Gasteiger partial charge in [-0.1, -0.05) is 0 Å². The lowest BCUT2D eigenvalue weighted by Gasteiger charge is -2.34. The topological polar surface area (TPSA) is 113 Å². The average Bonchev–Trinajstić information content (AvgIpc) is 2.82. The van der Waals surface area contributed by atoms with E-state index in [4.69, 9.17) is 15.5 Å². The van der Waals surface area contributed by atoms with Gasteiger partial charge in [-0.25, -0.2) is 19.9 Å². The Morgan fingerprint density at radius 2 is 2.06 bits per heavy atom. The van der Waals surface area contributed by atoms with E-state index in [1.54, 1.807) is 36.2 Å². The fraction of sp³-hybridized carbons (Fsp3) is 0.227. The number of nitrogens with two attached hydrogens (primary N) is 1. The summed E-state index contributed by atoms with van der Waals surface area (Å²) in [7, 11) is 1.73. The minimum atomic E-state index is -0.139. The molecular formula is C22H24N7O2+. The van der Waals surface area contributed by atoms with E-state index in [9.17, 15) is 4.79 Å². The Morgan fingerprint density at radius 3 is 2.81 bits per heavy atom. The number of rotatable bonds is 5. The Labute approximate surface area is 179 Å². The normalized spacial score (nSPS) is 16.9. The molecule has 0 amide bonds. The zero-order valence-electron chi connectivity index (χ0n) is 17.2. The molecule has 1 aliphatic heterocycles. The van der Waals surface area contributed by atoms with Crippen molar-refractivity contribution in [2.75, 3.05) is 24.6 Å². The summed E-state index contributed by atoms with van der Waals surface area (Å²) in [6.45, 7) is 1.76. The fourth-order valence-electron chi connectivity index (χ4n) is 3.41. The van der Waals surface area contributed by atoms with E-state index in [1.807, 2.05) is 24.3 Å². The van der Waals surface area contributed by atoms with E-state index in [0.717, 1.165) is 11.3 Å². The number of nitrogens with zero attached hydrogens (tertiary/aromatic N) is 5. The first-order chi connectivity index (χ1) is 15.2. The highest BCUT2D eigenvalue weighted by Gasteiger charge is 2.25. The van der Waals surface area contributed by atoms with Crippen molar-refractivity contribution in [3.05, 3.63) is 77.1 Å². The molecule has 0 radical (unpaired) electrons. The zero-order valence-corrected chi connectivity index (χ0v) is 17.2. The van der Waals surface area contributed by atoms with Gasteiger partial charge < -0.3 is 15.4 Å². The van der Waals surface area contributed by atoms with E-state index in [-0.39, 0.29) is 11.7 Å². The maximum atomic E-state index is 12.6. The van der Waals surface area contributed by atoms with E-state index in [0.29, 0.717) is 37.0 Å². The molecule has 0 aliphatic carbocycles. The van der Waals surface area contributed by atoms with Crippen molar-refractivity contribution in [2.45, 2.75) is 6.10 Å². The first-order valence-corrected chi connectivity index (χ1v) is 9.93. The smallest absolute Gasteiger partial charge is 0.255 e. The first kappa shape index (κ1) is 20.4. The van der Waals surface area contributed by atoms with Gasteiger partial charge >= 0.3 is 0 Å². The SMILES string of the molecule is Cn1c(N2CCOC(c3ccc([NH+]=CC=CN)cc3)C2)nc(-c2ccncn2)cc1=O. The largest absolute Gasteiger partial charge is 0.404 e. The Balaban J connectivity index is 1.57. The minimum absolute atomic E-state index is 0.129. The number of hydrogen-bond donors (Lipinski definition) is 2. The standard InChI is InChI=1S/C22H23N7O2/c1-28-21(30)13-19(18-7-10-24-15-26-18)27-22(28)29-11-12-31-20(14-29)16-3-5-17(6-4-16)25-9-2-8-23/h2-10,13,15,20H,11-12,14,23H2,1H3/p+1. The molecule has 2 aromatic heterocycles. The zero-order chi connectivity index (χ0) is 21.6. The number of hydrogen-bond acceptors (Lipinski definition) is 7. The van der Waals surface area contributed by atoms with Crippen LogP contribution in [0.15, 0.2) is 66.0 Å². The Kier molecular flexibility index (Phi) is 6.13. The first-order valence-electron chi connectivity index (χ1n) is 9.93. The van der Waals surface area contributed by atoms with E-state index >= 15 is 0 Å². The molecule has 1 fully saturated rings. The van der Waals surface area contributed by atoms with Crippen LogP contribution in [0.25, 0.3) is 11.4 Å². The highest BCUT2D eigenvalue weighted by molar-refractivity contribution is 5.66. The fourth-order valence-corrected chi connectivity index (χ4v) is 3.41. The summed E-state index contributed by atoms with van der Waals surface area (Å²) in [5, 5.41) is 0. The van der Waals surface area contributed by atoms with Gasteiger partial charge in [0.05, 0.1) is 24.5 Å². The van der Waals surface area contributed by atoms with Crippen LogP contribution < -0.4 is 21.2 Å². The molecule has 1 atom stereocenters. The van der Waals surface area contributed by atoms with Crippen LogP contribution in [0.1, 0.15) is 11.7 Å². The van der Waals surface area contributed by atoms with Crippen LogP contribution in [0.5, 0.6) is 0 Å². The summed E-state index contributed by atoms with van der Waals surface area (Å²) < 4.78 is 7.56. The summed E-state index contributed by atoms with van der Waals surface area (Å²) >= 11 is 0. The van der Waals surface area contributed by atoms with Gasteiger partial charge in [0.2, 0.25) is 11.6 Å². The Hall–Kier alpha value is -3.85. The Morgan fingerprint density at radius 1 is 1.23 bits per heavy atom. The molecule has 0 spiro atoms. The second-order valence-corrected chi connectivity index (χ2v) is 7.06. The molecule has 3 N–H and O–H groups in total. The minimum Gasteiger partial charge on any atom is -0.404 e. The summed E-state index contributed by atoms with van der Waals surface area (Å²) in [5.74, 6) is 0.593. The molecule has 3 aromatic rings. The van der Waals surface area contributed by atoms with E-state index in [1.165, 1.54) is 18.6 Å². The molecule has 4 rings (SSSR count). The molecule has 3 heterocycles. The van der Waals surface area contributed by atoms with E-state index < -0.39 is 0 Å². The van der Waals surface area contributed by atoms with Gasteiger partial charge in [0.25, 0.3) is 5.56 Å². The van der Waals surface area contributed by atoms with Crippen LogP contribution in [0.4, 0.5) is 11.6 Å². The van der Waals surface area contributed by atoms with Gasteiger partial charge in [0.15, 0.2) is 6.21 Å². The number of morpholine rings is 1. The number of anilines is 1. The summed E-state index contributed by atoms with van der Waals surface area (Å²) in [4.78, 5) is 30.7. The molecule has 0 bridgehead atoms. The molecule has 0 saturated carbocycles. The van der Waals surface area contributed by atoms with Gasteiger partial charge in [-0.05, 0) is 30.0 Å². The van der Waals surface area contributed by atoms with Crippen molar-refractivity contribution < 1.29 is 9.73 Å². The lowest BCUT2D eigenvalue weighted by molar-refractivity contribution is -0.346. The molecule has 1 unspecified atom stereocenters. The average molecular weight is 418 g/mol. The third-order valence-electron chi connectivity index (χ3n) is 5.04. The van der Waals surface area contributed by atoms with Crippen molar-refractivity contribution in [3.8, 4) is 11.4 Å². The summed E-state index contributed by atoms with van der Waals surface area (Å²) in [6.07, 6.45) is 7.91. The van der Waals surface area contributed by atoms with Crippen molar-refractivity contribution in [1.29, 1.82) is 0 Å². The van der Waals surface area contributed by atoms with Crippen LogP contribution in [-0.4, -0.2) is 45.4 Å².